The van der Waals surface area contributed by atoms with E-state index in [9.17, 15) is 4.79 Å². The van der Waals surface area contributed by atoms with E-state index >= 15 is 0 Å². The number of hydrogen-bond donors (Lipinski definition) is 0. The summed E-state index contributed by atoms with van der Waals surface area (Å²) < 4.78 is 10.7. The molecule has 0 heterocycles. The lowest BCUT2D eigenvalue weighted by Gasteiger charge is -2.39. The van der Waals surface area contributed by atoms with E-state index in [1.54, 1.807) is 7.11 Å². The van der Waals surface area contributed by atoms with Crippen LogP contribution in [0.3, 0.4) is 0 Å². The third kappa shape index (κ3) is 2.45. The number of ether oxygens (including phenoxy) is 2. The van der Waals surface area contributed by atoms with Crippen LogP contribution in [-0.4, -0.2) is 19.7 Å². The van der Waals surface area contributed by atoms with Crippen molar-refractivity contribution in [1.82, 2.24) is 0 Å². The van der Waals surface area contributed by atoms with Gasteiger partial charge in [0, 0.05) is 5.41 Å². The van der Waals surface area contributed by atoms with Gasteiger partial charge in [0.25, 0.3) is 0 Å². The maximum Gasteiger partial charge on any atom is 0.313 e. The van der Waals surface area contributed by atoms with Crippen LogP contribution in [0.2, 0.25) is 0 Å². The summed E-state index contributed by atoms with van der Waals surface area (Å²) in [6.45, 7) is 8.37. The van der Waals surface area contributed by atoms with E-state index < -0.39 is 10.8 Å². The highest BCUT2D eigenvalue weighted by Gasteiger charge is 2.53. The van der Waals surface area contributed by atoms with E-state index in [2.05, 4.69) is 25.1 Å². The van der Waals surface area contributed by atoms with Gasteiger partial charge in [0.05, 0.1) is 19.1 Å². The van der Waals surface area contributed by atoms with E-state index in [0.29, 0.717) is 13.0 Å². The minimum absolute atomic E-state index is 0.141. The number of carbonyl (C=O) groups excluding carboxylic acids is 1. The molecule has 0 radical (unpaired) electrons. The average molecular weight is 288 g/mol. The molecule has 0 saturated heterocycles. The van der Waals surface area contributed by atoms with E-state index in [1.807, 2.05) is 32.9 Å². The molecule has 1 aliphatic carbocycles. The third-order valence-electron chi connectivity index (χ3n) is 4.74. The van der Waals surface area contributed by atoms with Crippen molar-refractivity contribution in [3.8, 4) is 5.75 Å². The van der Waals surface area contributed by atoms with Crippen LogP contribution in [0.15, 0.2) is 30.4 Å². The molecule has 1 unspecified atom stereocenters. The van der Waals surface area contributed by atoms with Gasteiger partial charge in [-0.2, -0.15) is 0 Å². The first kappa shape index (κ1) is 15.6. The summed E-state index contributed by atoms with van der Waals surface area (Å²) >= 11 is 0. The molecule has 1 aliphatic rings. The molecule has 21 heavy (non-hydrogen) atoms. The summed E-state index contributed by atoms with van der Waals surface area (Å²) in [5.41, 5.74) is 1.24. The molecule has 1 aromatic carbocycles. The van der Waals surface area contributed by atoms with E-state index in [1.165, 1.54) is 0 Å². The molecule has 3 heteroatoms. The predicted molar refractivity (Wildman–Crippen MR) is 83.6 cm³/mol. The standard InChI is InChI=1S/C18H24O3/c1-6-21-16(19)18(4)9-7-8-17(18,3)14-10-13(2)11-15(12-14)20-5/h7-8,10-12H,6,9H2,1-5H3/t17-,18?/m0/s1. The van der Waals surface area contributed by atoms with E-state index in [4.69, 9.17) is 9.47 Å². The third-order valence-corrected chi connectivity index (χ3v) is 4.74. The molecule has 0 bridgehead atoms. The zero-order chi connectivity index (χ0) is 15.7. The van der Waals surface area contributed by atoms with Gasteiger partial charge >= 0.3 is 5.97 Å². The van der Waals surface area contributed by atoms with Gasteiger partial charge < -0.3 is 9.47 Å². The Bertz CT molecular complexity index is 576. The number of benzene rings is 1. The van der Waals surface area contributed by atoms with Crippen LogP contribution in [0.4, 0.5) is 0 Å². The molecule has 0 fully saturated rings. The van der Waals surface area contributed by atoms with Crippen molar-refractivity contribution in [3.63, 3.8) is 0 Å². The summed E-state index contributed by atoms with van der Waals surface area (Å²) in [4.78, 5) is 12.5. The molecule has 3 nitrogen and oxygen atoms in total. The fourth-order valence-electron chi connectivity index (χ4n) is 3.09. The van der Waals surface area contributed by atoms with E-state index in [-0.39, 0.29) is 5.97 Å². The summed E-state index contributed by atoms with van der Waals surface area (Å²) in [7, 11) is 1.66. The summed E-state index contributed by atoms with van der Waals surface area (Å²) in [5.74, 6) is 0.677. The van der Waals surface area contributed by atoms with E-state index in [0.717, 1.165) is 16.9 Å². The minimum Gasteiger partial charge on any atom is -0.497 e. The summed E-state index contributed by atoms with van der Waals surface area (Å²) in [5, 5.41) is 0. The smallest absolute Gasteiger partial charge is 0.313 e. The number of carbonyl (C=O) groups is 1. The van der Waals surface area contributed by atoms with Gasteiger partial charge in [-0.3, -0.25) is 4.79 Å². The molecule has 0 spiro atoms. The predicted octanol–water partition coefficient (Wildman–Crippen LogP) is 3.79. The average Bonchev–Trinajstić information content (AvgIpc) is 2.77. The van der Waals surface area contributed by atoms with Crippen molar-refractivity contribution >= 4 is 5.97 Å². The molecular formula is C18H24O3. The molecule has 2 rings (SSSR count). The lowest BCUT2D eigenvalue weighted by Crippen LogP contribution is -2.44. The second kappa shape index (κ2) is 5.55. The first-order valence-corrected chi connectivity index (χ1v) is 7.38. The highest BCUT2D eigenvalue weighted by atomic mass is 16.5. The Morgan fingerprint density at radius 1 is 1.29 bits per heavy atom. The van der Waals surface area contributed by atoms with Crippen molar-refractivity contribution in [1.29, 1.82) is 0 Å². The monoisotopic (exact) mass is 288 g/mol. The largest absolute Gasteiger partial charge is 0.497 e. The Morgan fingerprint density at radius 2 is 2.00 bits per heavy atom. The van der Waals surface area contributed by atoms with Crippen molar-refractivity contribution < 1.29 is 14.3 Å². The Hall–Kier alpha value is -1.77. The topological polar surface area (TPSA) is 35.5 Å². The number of hydrogen-bond acceptors (Lipinski definition) is 3. The summed E-state index contributed by atoms with van der Waals surface area (Å²) in [6.07, 6.45) is 4.89. The lowest BCUT2D eigenvalue weighted by molar-refractivity contribution is -0.156. The van der Waals surface area contributed by atoms with Crippen molar-refractivity contribution in [2.45, 2.75) is 39.5 Å². The Labute approximate surface area is 127 Å². The molecule has 0 amide bonds. The second-order valence-corrected chi connectivity index (χ2v) is 6.10. The molecule has 0 aromatic heterocycles. The van der Waals surface area contributed by atoms with Gasteiger partial charge in [-0.05, 0) is 50.5 Å². The minimum atomic E-state index is -0.582. The van der Waals surface area contributed by atoms with Crippen LogP contribution >= 0.6 is 0 Å². The molecule has 0 N–H and O–H groups in total. The Kier molecular flexibility index (Phi) is 4.13. The van der Waals surface area contributed by atoms with Crippen LogP contribution in [0.5, 0.6) is 5.75 Å². The highest BCUT2D eigenvalue weighted by molar-refractivity contribution is 5.81. The van der Waals surface area contributed by atoms with Gasteiger partial charge in [0.1, 0.15) is 5.75 Å². The highest BCUT2D eigenvalue weighted by Crippen LogP contribution is 2.51. The first-order valence-electron chi connectivity index (χ1n) is 7.38. The Morgan fingerprint density at radius 3 is 2.62 bits per heavy atom. The van der Waals surface area contributed by atoms with Crippen molar-refractivity contribution in [2.75, 3.05) is 13.7 Å². The number of aryl methyl sites for hydroxylation is 1. The number of methoxy groups -OCH3 is 1. The lowest BCUT2D eigenvalue weighted by atomic mass is 9.64. The fraction of sp³-hybridized carbons (Fsp3) is 0.500. The molecule has 0 saturated carbocycles. The SMILES string of the molecule is CCOC(=O)C1(C)CC=C[C@@]1(C)c1cc(C)cc(OC)c1. The van der Waals surface area contributed by atoms with Gasteiger partial charge in [-0.25, -0.2) is 0 Å². The van der Waals surface area contributed by atoms with Crippen LogP contribution in [0.25, 0.3) is 0 Å². The zero-order valence-electron chi connectivity index (χ0n) is 13.5. The van der Waals surface area contributed by atoms with Crippen LogP contribution in [-0.2, 0) is 14.9 Å². The molecule has 2 atom stereocenters. The number of rotatable bonds is 4. The van der Waals surface area contributed by atoms with Crippen molar-refractivity contribution in [2.24, 2.45) is 5.41 Å². The van der Waals surface area contributed by atoms with Gasteiger partial charge in [-0.15, -0.1) is 0 Å². The quantitative estimate of drug-likeness (QED) is 0.624. The zero-order valence-corrected chi connectivity index (χ0v) is 13.5. The van der Waals surface area contributed by atoms with Gasteiger partial charge in [0.2, 0.25) is 0 Å². The van der Waals surface area contributed by atoms with Crippen molar-refractivity contribution in [3.05, 3.63) is 41.5 Å². The number of esters is 1. The Balaban J connectivity index is 2.51. The summed E-state index contributed by atoms with van der Waals surface area (Å²) in [6, 6.07) is 6.13. The van der Waals surface area contributed by atoms with Crippen LogP contribution < -0.4 is 4.74 Å². The first-order chi connectivity index (χ1) is 9.87. The molecule has 1 aromatic rings. The fourth-order valence-corrected chi connectivity index (χ4v) is 3.09. The maximum absolute atomic E-state index is 12.5. The van der Waals surface area contributed by atoms with Gasteiger partial charge in [0.15, 0.2) is 0 Å². The van der Waals surface area contributed by atoms with Crippen LogP contribution in [0.1, 0.15) is 38.3 Å². The molecular weight excluding hydrogens is 264 g/mol. The van der Waals surface area contributed by atoms with Gasteiger partial charge in [-0.1, -0.05) is 25.1 Å². The number of allylic oxidation sites excluding steroid dienone is 2. The molecule has 114 valence electrons. The molecule has 0 aliphatic heterocycles. The second-order valence-electron chi connectivity index (χ2n) is 6.10. The van der Waals surface area contributed by atoms with Crippen LogP contribution in [0, 0.1) is 12.3 Å². The normalized spacial score (nSPS) is 27.7. The maximum atomic E-state index is 12.5.